The third kappa shape index (κ3) is 5.68. The lowest BCUT2D eigenvalue weighted by atomic mass is 10.1. The number of rotatable bonds is 10. The summed E-state index contributed by atoms with van der Waals surface area (Å²) < 4.78 is 25.8. The monoisotopic (exact) mass is 572 g/mol. The minimum Gasteiger partial charge on any atom is -0.480 e. The number of imidazole rings is 1. The molecular formula is C25H29N6O6PS. The number of fused-ring (bicyclic) bond motifs is 2. The molecule has 0 radical (unpaired) electrons. The first-order chi connectivity index (χ1) is 18.7. The van der Waals surface area contributed by atoms with Crippen LogP contribution in [0.4, 0.5) is 5.95 Å². The van der Waals surface area contributed by atoms with Gasteiger partial charge in [0, 0.05) is 11.3 Å². The van der Waals surface area contributed by atoms with E-state index in [1.54, 1.807) is 17.0 Å². The average Bonchev–Trinajstić information content (AvgIpc) is 3.49. The number of aromatic nitrogens is 4. The third-order valence-electron chi connectivity index (χ3n) is 6.45. The highest BCUT2D eigenvalue weighted by atomic mass is 32.5. The lowest BCUT2D eigenvalue weighted by Crippen LogP contribution is -2.34. The summed E-state index contributed by atoms with van der Waals surface area (Å²) in [7, 11) is 1.49. The Morgan fingerprint density at radius 3 is 2.85 bits per heavy atom. The molecule has 1 aliphatic heterocycles. The number of aliphatic carboxylic acids is 1. The van der Waals surface area contributed by atoms with Gasteiger partial charge in [-0.05, 0) is 36.6 Å². The zero-order chi connectivity index (χ0) is 27.7. The largest absolute Gasteiger partial charge is 0.480 e. The van der Waals surface area contributed by atoms with E-state index >= 15 is 0 Å². The van der Waals surface area contributed by atoms with Gasteiger partial charge in [0.05, 0.1) is 26.1 Å². The number of methoxy groups -OCH3 is 1. The highest BCUT2D eigenvalue weighted by Crippen LogP contribution is 2.48. The molecule has 2 aromatic heterocycles. The summed E-state index contributed by atoms with van der Waals surface area (Å²) in [5, 5.41) is 14.2. The number of benzene rings is 2. The fourth-order valence-electron chi connectivity index (χ4n) is 4.57. The SMILES string of the molecule is COc1nc(N)nc2c1ncn2[C@@H]1O[C@H](COP(=S)(NC(C)C(=O)O)Oc2cccc3ccccc23)C[C@@H]1C. The number of hydrogen-bond donors (Lipinski definition) is 3. The standard InChI is InChI=1S/C25H29N6O6PS/c1-14-11-17(36-23(14)31-13-27-20-21(31)28-25(26)29-22(20)34-3)12-35-38(39,30-15(2)24(32)33)37-19-10-6-8-16-7-4-5-9-18(16)19/h4-10,13-15,17,23H,11-12H2,1-3H3,(H,30,39)(H,32,33)(H2,26,28,29)/t14-,15?,17-,23+,38?/m0/s1. The molecule has 0 aliphatic carbocycles. The van der Waals surface area contributed by atoms with Crippen LogP contribution in [0.5, 0.6) is 11.6 Å². The van der Waals surface area contributed by atoms with Gasteiger partial charge in [-0.2, -0.15) is 9.97 Å². The summed E-state index contributed by atoms with van der Waals surface area (Å²) in [6.07, 6.45) is 1.53. The molecule has 1 saturated heterocycles. The Balaban J connectivity index is 1.35. The van der Waals surface area contributed by atoms with E-state index in [2.05, 4.69) is 20.0 Å². The molecule has 5 atom stereocenters. The number of nitrogens with two attached hydrogens (primary N) is 1. The van der Waals surface area contributed by atoms with E-state index in [0.29, 0.717) is 23.3 Å². The van der Waals surface area contributed by atoms with Crippen LogP contribution in [-0.4, -0.2) is 56.5 Å². The van der Waals surface area contributed by atoms with Gasteiger partial charge in [0.1, 0.15) is 18.0 Å². The zero-order valence-corrected chi connectivity index (χ0v) is 23.3. The molecule has 1 fully saturated rings. The van der Waals surface area contributed by atoms with Crippen molar-refractivity contribution in [2.24, 2.45) is 5.92 Å². The van der Waals surface area contributed by atoms with Gasteiger partial charge in [0.15, 0.2) is 11.2 Å². The Morgan fingerprint density at radius 2 is 2.08 bits per heavy atom. The number of nitrogen functional groups attached to an aromatic ring is 1. The second-order valence-electron chi connectivity index (χ2n) is 9.33. The van der Waals surface area contributed by atoms with Gasteiger partial charge in [-0.15, -0.1) is 0 Å². The summed E-state index contributed by atoms with van der Waals surface area (Å²) in [4.78, 5) is 24.4. The van der Waals surface area contributed by atoms with Gasteiger partial charge in [0.25, 0.3) is 0 Å². The fraction of sp³-hybridized carbons (Fsp3) is 0.360. The lowest BCUT2D eigenvalue weighted by Gasteiger charge is -2.27. The van der Waals surface area contributed by atoms with Gasteiger partial charge in [-0.25, -0.2) is 10.1 Å². The molecule has 39 heavy (non-hydrogen) atoms. The number of nitrogens with one attached hydrogen (secondary N) is 1. The van der Waals surface area contributed by atoms with Gasteiger partial charge in [-0.3, -0.25) is 9.36 Å². The second-order valence-corrected chi connectivity index (χ2v) is 12.5. The molecule has 1 aliphatic rings. The molecule has 0 bridgehead atoms. The summed E-state index contributed by atoms with van der Waals surface area (Å²) in [6, 6.07) is 12.3. The number of ether oxygens (including phenoxy) is 2. The number of anilines is 1. The normalized spacial score (nSPS) is 21.6. The van der Waals surface area contributed by atoms with Crippen LogP contribution in [0.1, 0.15) is 26.5 Å². The number of carboxylic acids is 1. The van der Waals surface area contributed by atoms with E-state index in [9.17, 15) is 9.90 Å². The first-order valence-corrected chi connectivity index (χ1v) is 14.9. The summed E-state index contributed by atoms with van der Waals surface area (Å²) in [5.74, 6) is -0.135. The molecule has 2 aromatic carbocycles. The minimum atomic E-state index is -3.31. The molecule has 14 heteroatoms. The predicted molar refractivity (Wildman–Crippen MR) is 149 cm³/mol. The van der Waals surface area contributed by atoms with Crippen LogP contribution in [0.3, 0.4) is 0 Å². The molecule has 0 saturated carbocycles. The average molecular weight is 573 g/mol. The van der Waals surface area contributed by atoms with Gasteiger partial charge < -0.3 is 29.4 Å². The number of carbonyl (C=O) groups is 1. The van der Waals surface area contributed by atoms with Crippen LogP contribution in [0.15, 0.2) is 48.8 Å². The van der Waals surface area contributed by atoms with Crippen molar-refractivity contribution in [2.75, 3.05) is 19.5 Å². The van der Waals surface area contributed by atoms with E-state index in [0.717, 1.165) is 10.8 Å². The molecular weight excluding hydrogens is 543 g/mol. The Morgan fingerprint density at radius 1 is 1.31 bits per heavy atom. The Bertz CT molecular complexity index is 1560. The first kappa shape index (κ1) is 27.2. The molecule has 0 spiro atoms. The first-order valence-electron chi connectivity index (χ1n) is 12.3. The second kappa shape index (κ2) is 11.0. The molecule has 4 aromatic rings. The van der Waals surface area contributed by atoms with Crippen LogP contribution >= 0.6 is 6.64 Å². The molecule has 206 valence electrons. The van der Waals surface area contributed by atoms with Gasteiger partial charge in [-0.1, -0.05) is 43.3 Å². The molecule has 5 rings (SSSR count). The van der Waals surface area contributed by atoms with Crippen molar-refractivity contribution in [3.63, 3.8) is 0 Å². The van der Waals surface area contributed by atoms with E-state index in [-0.39, 0.29) is 30.5 Å². The van der Waals surface area contributed by atoms with Crippen LogP contribution in [0.25, 0.3) is 21.9 Å². The molecule has 12 nitrogen and oxygen atoms in total. The van der Waals surface area contributed by atoms with Crippen molar-refractivity contribution in [3.8, 4) is 11.6 Å². The van der Waals surface area contributed by atoms with E-state index < -0.39 is 24.9 Å². The third-order valence-corrected chi connectivity index (χ3v) is 8.93. The maximum absolute atomic E-state index is 11.6. The van der Waals surface area contributed by atoms with Crippen molar-refractivity contribution in [3.05, 3.63) is 48.8 Å². The van der Waals surface area contributed by atoms with E-state index in [1.807, 2.05) is 43.3 Å². The molecule has 4 N–H and O–H groups in total. The number of nitrogens with zero attached hydrogens (tertiary/aromatic N) is 4. The Labute approximate surface area is 229 Å². The molecule has 2 unspecified atom stereocenters. The zero-order valence-electron chi connectivity index (χ0n) is 21.6. The topological polar surface area (TPSA) is 156 Å². The van der Waals surface area contributed by atoms with Crippen molar-refractivity contribution in [1.29, 1.82) is 0 Å². The van der Waals surface area contributed by atoms with E-state index in [4.69, 9.17) is 36.1 Å². The minimum absolute atomic E-state index is 0.0662. The van der Waals surface area contributed by atoms with Crippen molar-refractivity contribution < 1.29 is 28.4 Å². The van der Waals surface area contributed by atoms with Crippen molar-refractivity contribution in [2.45, 2.75) is 38.6 Å². The molecule has 0 amide bonds. The maximum Gasteiger partial charge on any atom is 0.320 e. The summed E-state index contributed by atoms with van der Waals surface area (Å²) >= 11 is 5.80. The lowest BCUT2D eigenvalue weighted by molar-refractivity contribution is -0.138. The van der Waals surface area contributed by atoms with Crippen LogP contribution in [0, 0.1) is 5.92 Å². The highest BCUT2D eigenvalue weighted by Gasteiger charge is 2.37. The Hall–Kier alpha value is -3.35. The number of carboxylic acid groups (broad SMARTS) is 1. The van der Waals surface area contributed by atoms with Gasteiger partial charge >= 0.3 is 12.6 Å². The van der Waals surface area contributed by atoms with Crippen molar-refractivity contribution in [1.82, 2.24) is 24.6 Å². The molecule has 3 heterocycles. The number of hydrogen-bond acceptors (Lipinski definition) is 10. The Kier molecular flexibility index (Phi) is 7.70. The van der Waals surface area contributed by atoms with Crippen LogP contribution < -0.4 is 20.1 Å². The highest BCUT2D eigenvalue weighted by molar-refractivity contribution is 8.09. The fourth-order valence-corrected chi connectivity index (χ4v) is 7.01. The smallest absolute Gasteiger partial charge is 0.320 e. The van der Waals surface area contributed by atoms with Crippen LogP contribution in [0.2, 0.25) is 0 Å². The van der Waals surface area contributed by atoms with Crippen molar-refractivity contribution >= 4 is 52.3 Å². The quantitative estimate of drug-likeness (QED) is 0.236. The van der Waals surface area contributed by atoms with E-state index in [1.165, 1.54) is 14.0 Å². The van der Waals surface area contributed by atoms with Gasteiger partial charge in [0.2, 0.25) is 11.8 Å². The summed E-state index contributed by atoms with van der Waals surface area (Å²) in [5.41, 5.74) is 6.85. The predicted octanol–water partition coefficient (Wildman–Crippen LogP) is 3.88. The summed E-state index contributed by atoms with van der Waals surface area (Å²) in [6.45, 7) is 0.321. The van der Waals surface area contributed by atoms with Crippen LogP contribution in [-0.2, 0) is 25.9 Å². The maximum atomic E-state index is 11.6.